The number of hydrogen-bond donors (Lipinski definition) is 0. The van der Waals surface area contributed by atoms with Gasteiger partial charge in [-0.2, -0.15) is 0 Å². The largest absolute Gasteiger partial charge is 2.00 e. The Hall–Kier alpha value is -1.51. The van der Waals surface area contributed by atoms with Crippen LogP contribution in [0.5, 0.6) is 0 Å². The normalized spacial score (nSPS) is 18.5. The van der Waals surface area contributed by atoms with Crippen LogP contribution in [0.2, 0.25) is 0 Å². The van der Waals surface area contributed by atoms with Crippen LogP contribution < -0.4 is 39.9 Å². The van der Waals surface area contributed by atoms with E-state index in [0.717, 1.165) is 11.8 Å². The van der Waals surface area contributed by atoms with E-state index in [2.05, 4.69) is 161 Å². The number of fused-ring (bicyclic) bond motifs is 2. The Labute approximate surface area is 274 Å². The molecule has 2 saturated carbocycles. The van der Waals surface area contributed by atoms with E-state index < -0.39 is 26.1 Å². The van der Waals surface area contributed by atoms with Gasteiger partial charge in [0.1, 0.15) is 0 Å². The molecule has 6 rings (SSSR count). The number of hydrogen-bond acceptors (Lipinski definition) is 4. The van der Waals surface area contributed by atoms with E-state index in [1.807, 2.05) is 0 Å². The maximum absolute atomic E-state index is 8.49. The van der Waals surface area contributed by atoms with Crippen LogP contribution in [0.4, 0.5) is 0 Å². The van der Waals surface area contributed by atoms with Crippen molar-refractivity contribution < 1.29 is 48.4 Å². The third-order valence-corrected chi connectivity index (χ3v) is 13.6. The Morgan fingerprint density at radius 2 is 0.698 bits per heavy atom. The summed E-state index contributed by atoms with van der Waals surface area (Å²) in [6, 6.07) is 44.5. The fourth-order valence-electron chi connectivity index (χ4n) is 5.35. The molecule has 2 fully saturated rings. The minimum Gasteiger partial charge on any atom is -0.222 e. The van der Waals surface area contributed by atoms with Crippen LogP contribution in [0.3, 0.4) is 0 Å². The maximum atomic E-state index is 8.49. The molecule has 0 unspecified atom stereocenters. The molecule has 2 bridgehead atoms. The molecule has 4 nitrogen and oxygen atoms in total. The monoisotopic (exact) mass is 720 g/mol. The van der Waals surface area contributed by atoms with Gasteiger partial charge in [0.15, 0.2) is 0 Å². The van der Waals surface area contributed by atoms with Gasteiger partial charge in [-0.3, -0.25) is 0 Å². The van der Waals surface area contributed by atoms with Gasteiger partial charge in [-0.05, 0) is 92.3 Å². The zero-order chi connectivity index (χ0) is 30.0. The minimum atomic E-state index is -4.94. The third-order valence-electron chi connectivity index (χ3n) is 7.41. The quantitative estimate of drug-likeness (QED) is 0.217. The average Bonchev–Trinajstić information content (AvgIpc) is 3.66. The van der Waals surface area contributed by atoms with E-state index in [1.165, 1.54) is 27.6 Å². The van der Waals surface area contributed by atoms with Gasteiger partial charge in [0, 0.05) is 0 Å². The van der Waals surface area contributed by atoms with Crippen molar-refractivity contribution in [2.45, 2.75) is 31.6 Å². The Balaban J connectivity index is 0.000000322. The van der Waals surface area contributed by atoms with Crippen molar-refractivity contribution in [3.8, 4) is 0 Å². The molecule has 225 valence electrons. The van der Waals surface area contributed by atoms with Crippen molar-refractivity contribution in [3.05, 3.63) is 147 Å². The molecule has 5 radical (unpaired) electrons. The van der Waals surface area contributed by atoms with Gasteiger partial charge < -0.3 is 0 Å². The van der Waals surface area contributed by atoms with Crippen molar-refractivity contribution in [2.75, 3.05) is 0 Å². The SMILES string of the molecule is C[C@@H]([C@H](C)P(c1ccccc1)c1ccccc1)P(c1ccccc1)c1ccccc1.[CH]1[CH]C2[CH][CH]C1C2.[O-][Cl+3]([O-])([O-])[O-].[Rh+2]. The molecule has 2 aliphatic carbocycles. The Morgan fingerprint density at radius 1 is 0.488 bits per heavy atom. The van der Waals surface area contributed by atoms with Gasteiger partial charge in [-0.1, -0.05) is 135 Å². The standard InChI is InChI=1S/C28H28P2.C7H8.ClHO4.Rh/c1-23(29(25-15-7-3-8-16-25)26-17-9-4-10-18-26)24(2)30(27-19-11-5-12-20-27)28-21-13-6-14-22-28;1-2-7-4-3-6(1)5-7;2-1(3,4)5;/h3-24H,1-2H3;1-4,6-7H,5H2;(H,2,3,4,5);/q;;;+2/p-1/t23-,24-;;;/m0.../s1. The second-order valence-corrected chi connectivity index (χ2v) is 16.2. The predicted octanol–water partition coefficient (Wildman–Crippen LogP) is 2.72. The molecule has 0 spiro atoms. The average molecular weight is 721 g/mol. The molecule has 0 amide bonds. The fraction of sp³-hybridized carbons (Fsp3) is 0.200. The van der Waals surface area contributed by atoms with E-state index in [0.29, 0.717) is 11.3 Å². The van der Waals surface area contributed by atoms with Gasteiger partial charge in [-0.15, -0.1) is 10.2 Å². The minimum absolute atomic E-state index is 0. The molecular formula is C35H36ClO4P2Rh+. The third kappa shape index (κ3) is 11.4. The number of halogens is 1. The first-order chi connectivity index (χ1) is 20.2. The first-order valence-electron chi connectivity index (χ1n) is 14.0. The second kappa shape index (κ2) is 17.8. The van der Waals surface area contributed by atoms with Crippen molar-refractivity contribution in [1.29, 1.82) is 0 Å². The van der Waals surface area contributed by atoms with Crippen LogP contribution in [-0.4, -0.2) is 11.3 Å². The van der Waals surface area contributed by atoms with Crippen molar-refractivity contribution in [2.24, 2.45) is 11.8 Å². The molecule has 2 atom stereocenters. The summed E-state index contributed by atoms with van der Waals surface area (Å²) < 4.78 is 34.0. The van der Waals surface area contributed by atoms with E-state index in [4.69, 9.17) is 18.6 Å². The molecule has 0 aromatic heterocycles. The van der Waals surface area contributed by atoms with Gasteiger partial charge in [0.05, 0.1) is 0 Å². The van der Waals surface area contributed by atoms with E-state index in [-0.39, 0.29) is 19.5 Å². The van der Waals surface area contributed by atoms with Crippen LogP contribution in [0.1, 0.15) is 20.3 Å². The smallest absolute Gasteiger partial charge is 0.222 e. The Bertz CT molecular complexity index is 1120. The summed E-state index contributed by atoms with van der Waals surface area (Å²) in [6.07, 6.45) is 10.5. The van der Waals surface area contributed by atoms with E-state index >= 15 is 0 Å². The topological polar surface area (TPSA) is 92.2 Å². The molecule has 2 aliphatic rings. The molecule has 43 heavy (non-hydrogen) atoms. The first-order valence-corrected chi connectivity index (χ1v) is 18.0. The van der Waals surface area contributed by atoms with Crippen molar-refractivity contribution in [3.63, 3.8) is 0 Å². The summed E-state index contributed by atoms with van der Waals surface area (Å²) in [5.74, 6) is 1.62. The van der Waals surface area contributed by atoms with Gasteiger partial charge in [0.25, 0.3) is 0 Å². The maximum Gasteiger partial charge on any atom is 2.00 e. The molecule has 0 N–H and O–H groups in total. The van der Waals surface area contributed by atoms with Gasteiger partial charge in [-0.25, -0.2) is 18.6 Å². The molecule has 0 saturated heterocycles. The first kappa shape index (κ1) is 36.0. The summed E-state index contributed by atoms with van der Waals surface area (Å²) >= 11 is 0. The number of benzene rings is 4. The van der Waals surface area contributed by atoms with Crippen LogP contribution in [0.15, 0.2) is 121 Å². The number of rotatable bonds is 7. The second-order valence-electron chi connectivity index (χ2n) is 10.3. The molecule has 4 aromatic rings. The van der Waals surface area contributed by atoms with Crippen LogP contribution in [0.25, 0.3) is 0 Å². The Morgan fingerprint density at radius 3 is 0.860 bits per heavy atom. The molecule has 0 aliphatic heterocycles. The molecule has 8 heteroatoms. The zero-order valence-corrected chi connectivity index (χ0v) is 28.3. The van der Waals surface area contributed by atoms with E-state index in [1.54, 1.807) is 0 Å². The fourth-order valence-corrected chi connectivity index (χ4v) is 11.5. The van der Waals surface area contributed by atoms with Gasteiger partial charge in [0.2, 0.25) is 0 Å². The van der Waals surface area contributed by atoms with E-state index in [9.17, 15) is 0 Å². The predicted molar refractivity (Wildman–Crippen MR) is 166 cm³/mol. The van der Waals surface area contributed by atoms with Crippen molar-refractivity contribution >= 4 is 37.1 Å². The van der Waals surface area contributed by atoms with Crippen LogP contribution in [-0.2, 0) is 19.5 Å². The summed E-state index contributed by atoms with van der Waals surface area (Å²) in [5.41, 5.74) is 1.10. The van der Waals surface area contributed by atoms with Crippen molar-refractivity contribution in [1.82, 2.24) is 0 Å². The Kier molecular flexibility index (Phi) is 14.9. The molecular weight excluding hydrogens is 685 g/mol. The van der Waals surface area contributed by atoms with Crippen LogP contribution in [0, 0.1) is 47.8 Å². The molecule has 4 aromatic carbocycles. The summed E-state index contributed by atoms with van der Waals surface area (Å²) in [6.45, 7) is 4.94. The summed E-state index contributed by atoms with van der Waals surface area (Å²) in [5, 5.41) is 5.87. The summed E-state index contributed by atoms with van der Waals surface area (Å²) in [7, 11) is -5.84. The van der Waals surface area contributed by atoms with Crippen LogP contribution >= 0.6 is 15.8 Å². The van der Waals surface area contributed by atoms with Gasteiger partial charge >= 0.3 is 19.5 Å². The zero-order valence-electron chi connectivity index (χ0n) is 24.1. The molecule has 0 heterocycles. The summed E-state index contributed by atoms with van der Waals surface area (Å²) in [4.78, 5) is 0.